The summed E-state index contributed by atoms with van der Waals surface area (Å²) in [6.07, 6.45) is 3.62. The molecule has 1 fully saturated rings. The van der Waals surface area contributed by atoms with Gasteiger partial charge in [0, 0.05) is 12.2 Å². The first-order valence-electron chi connectivity index (χ1n) is 7.23. The molecule has 3 aromatic rings. The molecule has 1 aliphatic carbocycles. The number of carbonyl (C=O) groups excluding carboxylic acids is 1. The molecule has 0 aliphatic heterocycles. The van der Waals surface area contributed by atoms with E-state index >= 15 is 0 Å². The third-order valence-corrected chi connectivity index (χ3v) is 4.36. The van der Waals surface area contributed by atoms with Crippen LogP contribution in [0.3, 0.4) is 0 Å². The number of amides is 1. The van der Waals surface area contributed by atoms with Gasteiger partial charge in [-0.3, -0.25) is 4.79 Å². The second-order valence-electron chi connectivity index (χ2n) is 5.49. The largest absolute Gasteiger partial charge is 0.348 e. The molecule has 0 unspecified atom stereocenters. The first-order valence-corrected chi connectivity index (χ1v) is 7.99. The van der Waals surface area contributed by atoms with Crippen LogP contribution in [-0.2, 0) is 0 Å². The molecule has 1 amide bonds. The van der Waals surface area contributed by atoms with Gasteiger partial charge in [0.1, 0.15) is 11.3 Å². The summed E-state index contributed by atoms with van der Waals surface area (Å²) >= 11 is 12.5. The maximum Gasteiger partial charge on any atom is 0.272 e. The molecule has 7 heteroatoms. The number of carbonyl (C=O) groups is 1. The average Bonchev–Trinajstić information content (AvgIpc) is 3.22. The van der Waals surface area contributed by atoms with Crippen LogP contribution in [-0.4, -0.2) is 26.9 Å². The van der Waals surface area contributed by atoms with E-state index in [1.807, 2.05) is 0 Å². The fourth-order valence-corrected chi connectivity index (χ4v) is 3.00. The van der Waals surface area contributed by atoms with Crippen molar-refractivity contribution in [2.75, 3.05) is 0 Å². The second-order valence-corrected chi connectivity index (χ2v) is 6.30. The minimum Gasteiger partial charge on any atom is -0.348 e. The van der Waals surface area contributed by atoms with Crippen molar-refractivity contribution in [3.05, 3.63) is 46.2 Å². The Labute approximate surface area is 142 Å². The quantitative estimate of drug-likeness (QED) is 0.757. The standard InChI is InChI=1S/C16H12Cl2N4O/c17-9-2-1-3-10(18)12(9)15-21-11-6-7-19-14(13(11)22-15)16(23)20-8-4-5-8/h1-3,6-8H,4-5H2,(H,20,23)(H,21,22). The molecule has 1 aliphatic rings. The maximum atomic E-state index is 12.3. The summed E-state index contributed by atoms with van der Waals surface area (Å²) in [5.41, 5.74) is 2.14. The number of nitrogens with zero attached hydrogens (tertiary/aromatic N) is 2. The van der Waals surface area contributed by atoms with Crippen LogP contribution >= 0.6 is 23.2 Å². The highest BCUT2D eigenvalue weighted by molar-refractivity contribution is 6.39. The number of rotatable bonds is 3. The van der Waals surface area contributed by atoms with Crippen LogP contribution in [0.1, 0.15) is 23.3 Å². The average molecular weight is 347 g/mol. The van der Waals surface area contributed by atoms with Gasteiger partial charge >= 0.3 is 0 Å². The minimum atomic E-state index is -0.207. The molecule has 0 spiro atoms. The van der Waals surface area contributed by atoms with E-state index < -0.39 is 0 Å². The van der Waals surface area contributed by atoms with Crippen molar-refractivity contribution in [1.29, 1.82) is 0 Å². The number of pyridine rings is 1. The predicted molar refractivity (Wildman–Crippen MR) is 89.8 cm³/mol. The number of hydrogen-bond acceptors (Lipinski definition) is 3. The van der Waals surface area contributed by atoms with Gasteiger partial charge in [-0.05, 0) is 31.0 Å². The topological polar surface area (TPSA) is 70.7 Å². The van der Waals surface area contributed by atoms with Gasteiger partial charge in [0.05, 0.1) is 21.1 Å². The highest BCUT2D eigenvalue weighted by Gasteiger charge is 2.26. The highest BCUT2D eigenvalue weighted by atomic mass is 35.5. The molecule has 4 rings (SSSR count). The van der Waals surface area contributed by atoms with E-state index in [4.69, 9.17) is 23.2 Å². The molecule has 5 nitrogen and oxygen atoms in total. The first-order chi connectivity index (χ1) is 11.1. The Kier molecular flexibility index (Phi) is 3.47. The van der Waals surface area contributed by atoms with Gasteiger partial charge in [0.25, 0.3) is 5.91 Å². The molecule has 2 heterocycles. The molecule has 0 atom stereocenters. The van der Waals surface area contributed by atoms with Gasteiger partial charge in [-0.15, -0.1) is 0 Å². The number of nitrogens with one attached hydrogen (secondary N) is 2. The molecule has 116 valence electrons. The van der Waals surface area contributed by atoms with Gasteiger partial charge in [-0.2, -0.15) is 0 Å². The summed E-state index contributed by atoms with van der Waals surface area (Å²) in [6, 6.07) is 7.29. The molecule has 1 aromatic carbocycles. The van der Waals surface area contributed by atoms with Crippen LogP contribution in [0.4, 0.5) is 0 Å². The summed E-state index contributed by atoms with van der Waals surface area (Å²) in [4.78, 5) is 24.2. The zero-order chi connectivity index (χ0) is 16.0. The first kappa shape index (κ1) is 14.5. The zero-order valence-corrected chi connectivity index (χ0v) is 13.4. The number of benzene rings is 1. The maximum absolute atomic E-state index is 12.3. The van der Waals surface area contributed by atoms with Crippen LogP contribution in [0.5, 0.6) is 0 Å². The number of halogens is 2. The lowest BCUT2D eigenvalue weighted by Crippen LogP contribution is -2.26. The third-order valence-electron chi connectivity index (χ3n) is 3.73. The summed E-state index contributed by atoms with van der Waals surface area (Å²) in [6.45, 7) is 0. The molecule has 0 bridgehead atoms. The molecule has 2 aromatic heterocycles. The van der Waals surface area contributed by atoms with Crippen molar-refractivity contribution < 1.29 is 4.79 Å². The van der Waals surface area contributed by atoms with E-state index in [-0.39, 0.29) is 11.9 Å². The van der Waals surface area contributed by atoms with Gasteiger partial charge in [-0.25, -0.2) is 9.97 Å². The van der Waals surface area contributed by atoms with Crippen molar-refractivity contribution in [1.82, 2.24) is 20.3 Å². The number of aromatic nitrogens is 3. The minimum absolute atomic E-state index is 0.207. The van der Waals surface area contributed by atoms with Crippen molar-refractivity contribution >= 4 is 40.1 Å². The normalized spacial score (nSPS) is 14.2. The summed E-state index contributed by atoms with van der Waals surface area (Å²) in [7, 11) is 0. The van der Waals surface area contributed by atoms with E-state index in [0.717, 1.165) is 12.8 Å². The Morgan fingerprint density at radius 1 is 1.22 bits per heavy atom. The van der Waals surface area contributed by atoms with Gasteiger partial charge in [-0.1, -0.05) is 29.3 Å². The Morgan fingerprint density at radius 2 is 1.96 bits per heavy atom. The lowest BCUT2D eigenvalue weighted by atomic mass is 10.2. The zero-order valence-electron chi connectivity index (χ0n) is 11.9. The molecular weight excluding hydrogens is 335 g/mol. The van der Waals surface area contributed by atoms with Crippen LogP contribution in [0.25, 0.3) is 22.4 Å². The van der Waals surface area contributed by atoms with Crippen molar-refractivity contribution in [2.24, 2.45) is 0 Å². The molecule has 0 radical (unpaired) electrons. The monoisotopic (exact) mass is 346 g/mol. The van der Waals surface area contributed by atoms with Gasteiger partial charge in [0.2, 0.25) is 0 Å². The van der Waals surface area contributed by atoms with Crippen LogP contribution < -0.4 is 5.32 Å². The molecule has 0 saturated heterocycles. The second kappa shape index (κ2) is 5.51. The Morgan fingerprint density at radius 3 is 2.65 bits per heavy atom. The number of fused-ring (bicyclic) bond motifs is 1. The van der Waals surface area contributed by atoms with Crippen LogP contribution in [0.2, 0.25) is 10.0 Å². The van der Waals surface area contributed by atoms with Crippen LogP contribution in [0, 0.1) is 0 Å². The summed E-state index contributed by atoms with van der Waals surface area (Å²) < 4.78 is 0. The summed E-state index contributed by atoms with van der Waals surface area (Å²) in [5.74, 6) is 0.311. The number of aromatic amines is 1. The number of H-pyrrole nitrogens is 1. The Bertz CT molecular complexity index is 897. The Hall–Kier alpha value is -2.11. The third kappa shape index (κ3) is 2.66. The van der Waals surface area contributed by atoms with Crippen molar-refractivity contribution in [2.45, 2.75) is 18.9 Å². The molecule has 1 saturated carbocycles. The van der Waals surface area contributed by atoms with E-state index in [2.05, 4.69) is 20.3 Å². The molecule has 2 N–H and O–H groups in total. The van der Waals surface area contributed by atoms with Crippen molar-refractivity contribution in [3.63, 3.8) is 0 Å². The number of hydrogen-bond donors (Lipinski definition) is 2. The van der Waals surface area contributed by atoms with Gasteiger partial charge in [0.15, 0.2) is 5.69 Å². The predicted octanol–water partition coefficient (Wildman–Crippen LogP) is 3.82. The van der Waals surface area contributed by atoms with E-state index in [1.165, 1.54) is 0 Å². The fraction of sp³-hybridized carbons (Fsp3) is 0.188. The SMILES string of the molecule is O=C(NC1CC1)c1nccc2[nH]c(-c3c(Cl)cccc3Cl)nc12. The molecule has 23 heavy (non-hydrogen) atoms. The smallest absolute Gasteiger partial charge is 0.272 e. The fourth-order valence-electron chi connectivity index (χ4n) is 2.43. The lowest BCUT2D eigenvalue weighted by molar-refractivity contribution is 0.0948. The van der Waals surface area contributed by atoms with E-state index in [0.29, 0.717) is 38.2 Å². The van der Waals surface area contributed by atoms with Gasteiger partial charge < -0.3 is 10.3 Å². The molecular formula is C16H12Cl2N4O. The van der Waals surface area contributed by atoms with Crippen LogP contribution in [0.15, 0.2) is 30.5 Å². The Balaban J connectivity index is 1.83. The highest BCUT2D eigenvalue weighted by Crippen LogP contribution is 2.34. The summed E-state index contributed by atoms with van der Waals surface area (Å²) in [5, 5.41) is 3.91. The van der Waals surface area contributed by atoms with Crippen molar-refractivity contribution in [3.8, 4) is 11.4 Å². The van der Waals surface area contributed by atoms with E-state index in [9.17, 15) is 4.79 Å². The lowest BCUT2D eigenvalue weighted by Gasteiger charge is -2.03. The van der Waals surface area contributed by atoms with E-state index in [1.54, 1.807) is 30.5 Å². The number of imidazole rings is 1.